The summed E-state index contributed by atoms with van der Waals surface area (Å²) in [5, 5.41) is 0.451. The average Bonchev–Trinajstić information content (AvgIpc) is 3.16. The van der Waals surface area contributed by atoms with Gasteiger partial charge in [-0.25, -0.2) is 4.99 Å². The van der Waals surface area contributed by atoms with Gasteiger partial charge in [0, 0.05) is 13.1 Å². The van der Waals surface area contributed by atoms with Crippen molar-refractivity contribution in [3.05, 3.63) is 64.3 Å². The molecule has 2 aliphatic heterocycles. The van der Waals surface area contributed by atoms with Crippen LogP contribution in [0.5, 0.6) is 5.75 Å². The number of carbonyl (C=O) groups is 2. The van der Waals surface area contributed by atoms with E-state index >= 15 is 0 Å². The normalized spacial score (nSPS) is 18.1. The molecule has 1 fully saturated rings. The first-order valence-electron chi connectivity index (χ1n) is 11.5. The van der Waals surface area contributed by atoms with Gasteiger partial charge in [-0.05, 0) is 43.2 Å². The first kappa shape index (κ1) is 25.3. The SMILES string of the molecule is CC[C@H](SC1=N/C(=C\c2cccc(C)c2)C(=O)N1c1ccc(OC)c(Cl)c1)C(=O)N1CCOCC1. The fraction of sp³-hybridized carbons (Fsp3) is 0.346. The molecule has 1 saturated heterocycles. The van der Waals surface area contributed by atoms with Crippen LogP contribution in [0.3, 0.4) is 0 Å². The fourth-order valence-electron chi connectivity index (χ4n) is 3.94. The van der Waals surface area contributed by atoms with Crippen molar-refractivity contribution in [1.82, 2.24) is 4.90 Å². The van der Waals surface area contributed by atoms with E-state index < -0.39 is 0 Å². The Labute approximate surface area is 214 Å². The highest BCUT2D eigenvalue weighted by atomic mass is 35.5. The summed E-state index contributed by atoms with van der Waals surface area (Å²) < 4.78 is 10.7. The Morgan fingerprint density at radius 2 is 2.03 bits per heavy atom. The number of methoxy groups -OCH3 is 1. The lowest BCUT2D eigenvalue weighted by Crippen LogP contribution is -2.45. The predicted molar refractivity (Wildman–Crippen MR) is 141 cm³/mol. The maximum Gasteiger partial charge on any atom is 0.283 e. The van der Waals surface area contributed by atoms with Crippen LogP contribution in [0, 0.1) is 6.92 Å². The van der Waals surface area contributed by atoms with E-state index in [1.54, 1.807) is 24.3 Å². The number of thioether (sulfide) groups is 1. The fourth-order valence-corrected chi connectivity index (χ4v) is 5.31. The lowest BCUT2D eigenvalue weighted by molar-refractivity contribution is -0.134. The Balaban J connectivity index is 1.69. The highest BCUT2D eigenvalue weighted by Gasteiger charge is 2.36. The van der Waals surface area contributed by atoms with E-state index in [1.807, 2.05) is 43.0 Å². The van der Waals surface area contributed by atoms with Crippen LogP contribution < -0.4 is 9.64 Å². The second-order valence-electron chi connectivity index (χ2n) is 8.25. The van der Waals surface area contributed by atoms with Gasteiger partial charge in [-0.15, -0.1) is 0 Å². The van der Waals surface area contributed by atoms with Crippen molar-refractivity contribution in [3.63, 3.8) is 0 Å². The number of hydrogen-bond acceptors (Lipinski definition) is 6. The van der Waals surface area contributed by atoms with Gasteiger partial charge < -0.3 is 14.4 Å². The molecule has 2 amide bonds. The molecule has 0 aromatic heterocycles. The van der Waals surface area contributed by atoms with E-state index in [0.29, 0.717) is 60.0 Å². The lowest BCUT2D eigenvalue weighted by Gasteiger charge is -2.30. The number of halogens is 1. The molecule has 2 aromatic carbocycles. The van der Waals surface area contributed by atoms with Crippen LogP contribution in [-0.2, 0) is 14.3 Å². The molecule has 0 spiro atoms. The molecule has 2 aliphatic rings. The van der Waals surface area contributed by atoms with Gasteiger partial charge in [0.05, 0.1) is 36.3 Å². The Bertz CT molecular complexity index is 1180. The molecular formula is C26H28ClN3O4S. The smallest absolute Gasteiger partial charge is 0.283 e. The first-order chi connectivity index (χ1) is 16.9. The molecule has 0 aliphatic carbocycles. The molecule has 2 aromatic rings. The van der Waals surface area contributed by atoms with Crippen molar-refractivity contribution in [1.29, 1.82) is 0 Å². The average molecular weight is 514 g/mol. The summed E-state index contributed by atoms with van der Waals surface area (Å²) in [6.45, 7) is 6.16. The van der Waals surface area contributed by atoms with E-state index in [4.69, 9.17) is 21.1 Å². The van der Waals surface area contributed by atoms with Gasteiger partial charge in [0.1, 0.15) is 11.4 Å². The summed E-state index contributed by atoms with van der Waals surface area (Å²) in [4.78, 5) is 34.8. The molecule has 9 heteroatoms. The molecule has 0 N–H and O–H groups in total. The maximum absolute atomic E-state index is 13.6. The molecule has 35 heavy (non-hydrogen) atoms. The lowest BCUT2D eigenvalue weighted by atomic mass is 10.1. The number of carbonyl (C=O) groups excluding carboxylic acids is 2. The van der Waals surface area contributed by atoms with E-state index in [0.717, 1.165) is 11.1 Å². The number of nitrogens with zero attached hydrogens (tertiary/aromatic N) is 3. The zero-order chi connectivity index (χ0) is 24.9. The summed E-state index contributed by atoms with van der Waals surface area (Å²) in [6, 6.07) is 13.0. The van der Waals surface area contributed by atoms with Gasteiger partial charge in [-0.3, -0.25) is 14.5 Å². The summed E-state index contributed by atoms with van der Waals surface area (Å²) in [5.74, 6) is 0.265. The van der Waals surface area contributed by atoms with Gasteiger partial charge in [0.25, 0.3) is 5.91 Å². The van der Waals surface area contributed by atoms with Crippen LogP contribution in [0.4, 0.5) is 5.69 Å². The topological polar surface area (TPSA) is 71.4 Å². The zero-order valence-electron chi connectivity index (χ0n) is 20.0. The molecule has 1 atom stereocenters. The number of benzene rings is 2. The summed E-state index contributed by atoms with van der Waals surface area (Å²) >= 11 is 7.68. The third-order valence-corrected chi connectivity index (χ3v) is 7.38. The van der Waals surface area contributed by atoms with Crippen molar-refractivity contribution < 1.29 is 19.1 Å². The van der Waals surface area contributed by atoms with Gasteiger partial charge in [0.15, 0.2) is 5.17 Å². The quantitative estimate of drug-likeness (QED) is 0.520. The molecule has 4 rings (SSSR count). The highest BCUT2D eigenvalue weighted by Crippen LogP contribution is 2.36. The molecule has 184 valence electrons. The predicted octanol–water partition coefficient (Wildman–Crippen LogP) is 4.77. The number of aryl methyl sites for hydroxylation is 1. The minimum absolute atomic E-state index is 0.0276. The second-order valence-corrected chi connectivity index (χ2v) is 9.83. The van der Waals surface area contributed by atoms with Crippen molar-refractivity contribution in [2.24, 2.45) is 4.99 Å². The zero-order valence-corrected chi connectivity index (χ0v) is 21.6. The summed E-state index contributed by atoms with van der Waals surface area (Å²) in [5.41, 5.74) is 2.84. The Morgan fingerprint density at radius 3 is 2.69 bits per heavy atom. The van der Waals surface area contributed by atoms with Crippen molar-refractivity contribution >= 4 is 52.1 Å². The molecule has 7 nitrogen and oxygen atoms in total. The van der Waals surface area contributed by atoms with Crippen LogP contribution in [-0.4, -0.2) is 60.5 Å². The number of rotatable bonds is 6. The summed E-state index contributed by atoms with van der Waals surface area (Å²) in [6.07, 6.45) is 2.37. The molecular weight excluding hydrogens is 486 g/mol. The van der Waals surface area contributed by atoms with Crippen LogP contribution >= 0.6 is 23.4 Å². The van der Waals surface area contributed by atoms with E-state index in [-0.39, 0.29) is 17.1 Å². The highest BCUT2D eigenvalue weighted by molar-refractivity contribution is 8.15. The van der Waals surface area contributed by atoms with E-state index in [2.05, 4.69) is 4.99 Å². The number of anilines is 1. The third-order valence-electron chi connectivity index (χ3n) is 5.79. The first-order valence-corrected chi connectivity index (χ1v) is 12.7. The minimum atomic E-state index is -0.380. The third kappa shape index (κ3) is 5.72. The number of morpholine rings is 1. The standard InChI is InChI=1S/C26H28ClN3O4S/c1-4-23(25(32)29-10-12-34-13-11-29)35-26-28-21(15-18-7-5-6-17(2)14-18)24(31)30(26)19-8-9-22(33-3)20(27)16-19/h5-9,14-16,23H,4,10-13H2,1-3H3/b21-15-/t23-/m0/s1. The molecule has 0 bridgehead atoms. The Hall–Kier alpha value is -2.81. The Kier molecular flexibility index (Phi) is 8.15. The molecule has 0 saturated carbocycles. The molecule has 0 unspecified atom stereocenters. The van der Waals surface area contributed by atoms with Crippen molar-refractivity contribution in [2.45, 2.75) is 25.5 Å². The largest absolute Gasteiger partial charge is 0.495 e. The van der Waals surface area contributed by atoms with Crippen LogP contribution in [0.25, 0.3) is 6.08 Å². The second kappa shape index (κ2) is 11.3. The maximum atomic E-state index is 13.6. The number of amides is 2. The van der Waals surface area contributed by atoms with E-state index in [9.17, 15) is 9.59 Å². The molecule has 0 radical (unpaired) electrons. The Morgan fingerprint density at radius 1 is 1.26 bits per heavy atom. The van der Waals surface area contributed by atoms with Gasteiger partial charge >= 0.3 is 0 Å². The number of aliphatic imine (C=N–C) groups is 1. The van der Waals surface area contributed by atoms with Crippen molar-refractivity contribution in [3.8, 4) is 5.75 Å². The monoisotopic (exact) mass is 513 g/mol. The minimum Gasteiger partial charge on any atom is -0.495 e. The van der Waals surface area contributed by atoms with Gasteiger partial charge in [0.2, 0.25) is 5.91 Å². The van der Waals surface area contributed by atoms with Crippen LogP contribution in [0.1, 0.15) is 24.5 Å². The summed E-state index contributed by atoms with van der Waals surface area (Å²) in [7, 11) is 1.54. The van der Waals surface area contributed by atoms with E-state index in [1.165, 1.54) is 23.8 Å². The van der Waals surface area contributed by atoms with Crippen molar-refractivity contribution in [2.75, 3.05) is 38.3 Å². The number of hydrogen-bond donors (Lipinski definition) is 0. The number of ether oxygens (including phenoxy) is 2. The molecule has 2 heterocycles. The van der Waals surface area contributed by atoms with Gasteiger partial charge in [-0.2, -0.15) is 0 Å². The number of amidine groups is 1. The van der Waals surface area contributed by atoms with Gasteiger partial charge in [-0.1, -0.05) is 60.1 Å². The van der Waals surface area contributed by atoms with Crippen LogP contribution in [0.2, 0.25) is 5.02 Å². The van der Waals surface area contributed by atoms with Crippen LogP contribution in [0.15, 0.2) is 53.2 Å².